The molecule has 36 nitrogen and oxygen atoms in total. The summed E-state index contributed by atoms with van der Waals surface area (Å²) in [7, 11) is 17.6. The van der Waals surface area contributed by atoms with Crippen LogP contribution < -0.4 is 28.4 Å². The summed E-state index contributed by atoms with van der Waals surface area (Å²) >= 11 is 0. The summed E-state index contributed by atoms with van der Waals surface area (Å²) in [4.78, 5) is 0. The summed E-state index contributed by atoms with van der Waals surface area (Å²) in [6.45, 7) is -2.91. The molecule has 22 heterocycles. The highest BCUT2D eigenvalue weighted by Crippen LogP contribution is 2.44. The number of rotatable bonds is 36. The maximum atomic E-state index is 10.1. The van der Waals surface area contributed by atoms with Crippen molar-refractivity contribution in [3.05, 3.63) is 179 Å². The van der Waals surface area contributed by atoms with Crippen LogP contribution in [-0.2, 0) is 153 Å². The van der Waals surface area contributed by atoms with Gasteiger partial charge in [0.1, 0.15) is 221 Å². The number of hydrogen-bond donors (Lipinski definition) is 6. The van der Waals surface area contributed by atoms with Crippen LogP contribution in [0.1, 0.15) is 33.4 Å². The van der Waals surface area contributed by atoms with Gasteiger partial charge >= 0.3 is 0 Å². The van der Waals surface area contributed by atoms with E-state index in [0.717, 1.165) is 0 Å². The third-order valence-electron chi connectivity index (χ3n) is 23.7. The molecule has 0 saturated carbocycles. The lowest BCUT2D eigenvalue weighted by Crippen LogP contribution is -2.70. The molecule has 6 aromatic carbocycles. The second kappa shape index (κ2) is 47.1. The highest BCUT2D eigenvalue weighted by molar-refractivity contribution is 5.32. The molecule has 22 aliphatic rings. The molecule has 22 saturated heterocycles. The van der Waals surface area contributed by atoms with Gasteiger partial charge in [0.2, 0.25) is 0 Å². The van der Waals surface area contributed by atoms with Gasteiger partial charge in [-0.25, -0.2) is 0 Å². The first-order valence-corrected chi connectivity index (χ1v) is 41.7. The number of aliphatic hydroxyl groups is 6. The third-order valence-corrected chi connectivity index (χ3v) is 23.7. The second-order valence-corrected chi connectivity index (χ2v) is 30.9. The van der Waals surface area contributed by atoms with Gasteiger partial charge in [0.05, 0.1) is 39.6 Å². The Morgan fingerprint density at radius 3 is 0.397 bits per heavy atom. The molecule has 0 radical (unpaired) electrons. The van der Waals surface area contributed by atoms with Crippen molar-refractivity contribution in [2.75, 3.05) is 125 Å². The van der Waals surface area contributed by atoms with Crippen molar-refractivity contribution in [3.63, 3.8) is 0 Å². The van der Waals surface area contributed by atoms with Crippen LogP contribution in [0.2, 0.25) is 0 Å². The maximum absolute atomic E-state index is 10.1. The van der Waals surface area contributed by atoms with Gasteiger partial charge in [-0.15, -0.1) is 0 Å². The zero-order valence-electron chi connectivity index (χ0n) is 72.6. The summed E-state index contributed by atoms with van der Waals surface area (Å²) in [5.41, 5.74) is 3.79. The molecule has 696 valence electrons. The van der Waals surface area contributed by atoms with Crippen LogP contribution in [0.25, 0.3) is 0 Å². The first-order chi connectivity index (χ1) is 61.6. The molecule has 22 fully saturated rings. The molecule has 28 rings (SSSR count). The Morgan fingerprint density at radius 1 is 0.175 bits per heavy atom. The van der Waals surface area contributed by atoms with Gasteiger partial charge in [-0.05, 0) is 106 Å². The van der Waals surface area contributed by atoms with Crippen LogP contribution in [0, 0.1) is 0 Å². The molecule has 36 heteroatoms. The largest absolute Gasteiger partial charge is 0.491 e. The van der Waals surface area contributed by atoms with Gasteiger partial charge in [-0.1, -0.05) is 72.8 Å². The summed E-state index contributed by atoms with van der Waals surface area (Å²) < 4.78 is 206. The third kappa shape index (κ3) is 22.7. The van der Waals surface area contributed by atoms with Gasteiger partial charge in [0.15, 0.2) is 37.7 Å². The average molecular weight is 1780 g/mol. The van der Waals surface area contributed by atoms with Crippen LogP contribution in [0.15, 0.2) is 146 Å². The molecule has 0 spiro atoms. The molecular weight excluding hydrogens is 1660 g/mol. The van der Waals surface area contributed by atoms with Crippen LogP contribution in [0.4, 0.5) is 0 Å². The van der Waals surface area contributed by atoms with Crippen molar-refractivity contribution in [1.82, 2.24) is 0 Å². The molecule has 30 atom stereocenters. The lowest BCUT2D eigenvalue weighted by Gasteiger charge is -2.53. The summed E-state index contributed by atoms with van der Waals surface area (Å²) in [5, 5.41) is 60.7. The number of benzene rings is 6. The van der Waals surface area contributed by atoms with E-state index in [1.165, 1.54) is 85.3 Å². The quantitative estimate of drug-likeness (QED) is 0.0320. The fourth-order valence-corrected chi connectivity index (χ4v) is 17.0. The smallest absolute Gasteiger partial charge is 0.187 e. The topological polar surface area (TPSA) is 398 Å². The van der Waals surface area contributed by atoms with Crippen molar-refractivity contribution in [2.45, 2.75) is 224 Å². The predicted molar refractivity (Wildman–Crippen MR) is 438 cm³/mol. The molecule has 0 amide bonds. The summed E-state index contributed by atoms with van der Waals surface area (Å²) in [6, 6.07) is 41.1. The molecule has 0 aliphatic carbocycles. The highest BCUT2D eigenvalue weighted by atomic mass is 16.8. The summed E-state index contributed by atoms with van der Waals surface area (Å²) in [5.74, 6) is 2.35. The van der Waals surface area contributed by atoms with Crippen LogP contribution in [-0.4, -0.2) is 340 Å². The fraction of sp³-hybridized carbons (Fsp3) is 0.600. The average Bonchev–Trinajstić information content (AvgIpc) is 0.758. The Hall–Kier alpha value is -7.08. The SMILES string of the molecule is CO[C@@H]1[C@@H](OC)[C@H]2O[C@H]3[C@H](OC)[C@@H](OC)[C@@H](O[C@H]4[C@H](OC)[C@@H](OC)[C@@H](O[C@H]5[C@H](OC)[C@@H](OC)[C@@H](O[C@H]6[C@H](OC)[C@@H](OC)[C@@H](O[C@H]7[C@H](OC)[C@@H](OC)[C@@H](O[C@@H]1[C@@H](COc1ccc(CO)cc1)O2)O[C@@H]7COc1ccc(CO)cc1)O[C@@H]6COc1ccc(CO)cc1)O[C@@H]5COc1ccc(CO)cc1)O[C@@H]4COc1ccc(CO)cc1)O[C@@H]3COc1ccc(CO)cc1. The summed E-state index contributed by atoms with van der Waals surface area (Å²) in [6.07, 6.45) is -37.3. The minimum Gasteiger partial charge on any atom is -0.491 e. The number of hydrogen-bond acceptors (Lipinski definition) is 36. The Bertz CT molecular complexity index is 3450. The number of aliphatic hydroxyl groups excluding tert-OH is 6. The number of ether oxygens (including phenoxy) is 30. The molecule has 0 aromatic heterocycles. The van der Waals surface area contributed by atoms with Crippen molar-refractivity contribution in [1.29, 1.82) is 0 Å². The van der Waals surface area contributed by atoms with E-state index in [4.69, 9.17) is 142 Å². The van der Waals surface area contributed by atoms with E-state index >= 15 is 0 Å². The minimum atomic E-state index is -1.43. The van der Waals surface area contributed by atoms with E-state index in [9.17, 15) is 30.6 Å². The molecule has 6 N–H and O–H groups in total. The van der Waals surface area contributed by atoms with Crippen molar-refractivity contribution >= 4 is 0 Å². The van der Waals surface area contributed by atoms with Gasteiger partial charge in [-0.2, -0.15) is 0 Å². The Morgan fingerprint density at radius 2 is 0.294 bits per heavy atom. The lowest BCUT2D eigenvalue weighted by molar-refractivity contribution is -0.408. The van der Waals surface area contributed by atoms with Crippen LogP contribution >= 0.6 is 0 Å². The van der Waals surface area contributed by atoms with E-state index in [1.54, 1.807) is 146 Å². The van der Waals surface area contributed by atoms with E-state index in [0.29, 0.717) is 67.9 Å². The van der Waals surface area contributed by atoms with Crippen LogP contribution in [0.3, 0.4) is 0 Å². The highest BCUT2D eigenvalue weighted by Gasteiger charge is 2.62. The first kappa shape index (κ1) is 96.5. The monoisotopic (exact) mass is 1780 g/mol. The van der Waals surface area contributed by atoms with Gasteiger partial charge < -0.3 is 173 Å². The Balaban J connectivity index is 0.961. The molecule has 12 bridgehead atoms. The van der Waals surface area contributed by atoms with Gasteiger partial charge in [0, 0.05) is 85.3 Å². The normalized spacial score (nSPS) is 34.3. The Labute approximate surface area is 732 Å². The second-order valence-electron chi connectivity index (χ2n) is 30.9. The van der Waals surface area contributed by atoms with E-state index in [-0.39, 0.29) is 79.3 Å². The van der Waals surface area contributed by atoms with Crippen molar-refractivity contribution < 1.29 is 173 Å². The predicted octanol–water partition coefficient (Wildman–Crippen LogP) is 4.27. The molecule has 6 aromatic rings. The van der Waals surface area contributed by atoms with Crippen molar-refractivity contribution in [2.24, 2.45) is 0 Å². The fourth-order valence-electron chi connectivity index (χ4n) is 17.0. The molecule has 0 unspecified atom stereocenters. The zero-order valence-corrected chi connectivity index (χ0v) is 72.6. The Kier molecular flexibility index (Phi) is 36.1. The van der Waals surface area contributed by atoms with Crippen LogP contribution in [0.5, 0.6) is 34.5 Å². The lowest BCUT2D eigenvalue weighted by atomic mass is 9.94. The van der Waals surface area contributed by atoms with E-state index < -0.39 is 184 Å². The van der Waals surface area contributed by atoms with Crippen molar-refractivity contribution in [3.8, 4) is 34.5 Å². The molecule has 22 aliphatic heterocycles. The van der Waals surface area contributed by atoms with E-state index in [2.05, 4.69) is 0 Å². The molecular formula is C90H120O36. The van der Waals surface area contributed by atoms with Gasteiger partial charge in [0.25, 0.3) is 0 Å². The first-order valence-electron chi connectivity index (χ1n) is 41.7. The standard InChI is InChI=1S/C90H120O36/c1-97-73-67-61(43-109-55-25-13-49(37-91)14-26-55)115-85(79(73)103-7)122-68-62(44-110-56-27-15-50(38-92)16-28-56)117-87(81(105-9)74(68)98-2)124-70-64(46-112-58-31-19-52(40-94)20-32-58)119-89(83(107-11)76(70)100-4)126-72-66(48-114-60-35-23-54(42-96)24-36-60)120-90(84(108-12)78(72)102-6)125-71-65(47-113-59-33-21-53(41-95)22-34-59)118-88(82(106-10)77(71)101-5)123-69-63(45-111-57-29-17-51(39-93)18-30-57)116-86(121-67)80(104-8)75(69)99-3/h13-36,61-96H,37-48H2,1-12H3/t61-,62-,63-,64-,65-,66-,67-,68-,69-,70-,71-,72-,73+,74+,75+,76+,77+,78+,79-,80-,81-,82-,83-,84-,85-,86-,87-,88-,89-,90-/m1/s1. The minimum absolute atomic E-state index is 0.224. The molecule has 126 heavy (non-hydrogen) atoms. The van der Waals surface area contributed by atoms with Gasteiger partial charge in [-0.3, -0.25) is 0 Å². The van der Waals surface area contributed by atoms with E-state index in [1.807, 2.05) is 0 Å². The number of methoxy groups -OCH3 is 12. The maximum Gasteiger partial charge on any atom is 0.187 e. The zero-order chi connectivity index (χ0) is 88.9.